The Morgan fingerprint density at radius 2 is 1.93 bits per heavy atom. The maximum atomic E-state index is 11.5. The van der Waals surface area contributed by atoms with E-state index < -0.39 is 5.97 Å². The van der Waals surface area contributed by atoms with Gasteiger partial charge in [0.1, 0.15) is 12.4 Å². The molecule has 2 aromatic carbocycles. The second-order valence-electron chi connectivity index (χ2n) is 6.19. The van der Waals surface area contributed by atoms with Crippen molar-refractivity contribution in [3.63, 3.8) is 0 Å². The number of hydrogen-bond acceptors (Lipinski definition) is 4. The summed E-state index contributed by atoms with van der Waals surface area (Å²) in [6, 6.07) is 20.2. The highest BCUT2D eigenvalue weighted by Gasteiger charge is 2.11. The Hall–Kier alpha value is -3.93. The molecule has 2 heterocycles. The number of hydrogen-bond donors (Lipinski definition) is 2. The zero-order valence-electron chi connectivity index (χ0n) is 14.9. The van der Waals surface area contributed by atoms with Gasteiger partial charge in [-0.2, -0.15) is 5.10 Å². The minimum absolute atomic E-state index is 0.277. The summed E-state index contributed by atoms with van der Waals surface area (Å²) in [5, 5.41) is 16.2. The molecule has 2 aromatic heterocycles. The highest BCUT2D eigenvalue weighted by atomic mass is 16.5. The van der Waals surface area contributed by atoms with E-state index in [1.165, 1.54) is 0 Å². The third kappa shape index (κ3) is 3.76. The summed E-state index contributed by atoms with van der Waals surface area (Å²) in [5.41, 5.74) is 4.37. The van der Waals surface area contributed by atoms with Crippen molar-refractivity contribution < 1.29 is 14.6 Å². The lowest BCUT2D eigenvalue weighted by Gasteiger charge is -2.10. The summed E-state index contributed by atoms with van der Waals surface area (Å²) in [5.74, 6) is -0.291. The highest BCUT2D eigenvalue weighted by molar-refractivity contribution is 5.96. The molecule has 28 heavy (non-hydrogen) atoms. The first kappa shape index (κ1) is 17.5. The van der Waals surface area contributed by atoms with Crippen LogP contribution < -0.4 is 4.74 Å². The molecule has 0 saturated heterocycles. The lowest BCUT2D eigenvalue weighted by Crippen LogP contribution is -2.00. The summed E-state index contributed by atoms with van der Waals surface area (Å²) in [6.45, 7) is 0.355. The van der Waals surface area contributed by atoms with Crippen LogP contribution in [0.2, 0.25) is 0 Å². The van der Waals surface area contributed by atoms with Crippen LogP contribution in [-0.2, 0) is 6.61 Å². The van der Waals surface area contributed by atoms with Gasteiger partial charge in [0.2, 0.25) is 0 Å². The molecule has 6 nitrogen and oxygen atoms in total. The second kappa shape index (κ2) is 7.75. The number of aromatic amines is 1. The molecule has 0 aliphatic carbocycles. The van der Waals surface area contributed by atoms with Crippen LogP contribution in [0.15, 0.2) is 79.1 Å². The SMILES string of the molecule is O=C(O)c1ccccc1-c1cccc(COc2ccc(-c3ccn[nH]3)nc2)c1. The number of carboxylic acid groups (broad SMARTS) is 1. The van der Waals surface area contributed by atoms with E-state index in [4.69, 9.17) is 4.74 Å². The summed E-state index contributed by atoms with van der Waals surface area (Å²) in [4.78, 5) is 15.8. The van der Waals surface area contributed by atoms with Gasteiger partial charge in [0.05, 0.1) is 23.1 Å². The average molecular weight is 371 g/mol. The summed E-state index contributed by atoms with van der Waals surface area (Å²) in [6.07, 6.45) is 3.34. The van der Waals surface area contributed by atoms with E-state index in [1.807, 2.05) is 54.6 Å². The number of aromatic carboxylic acids is 1. The molecule has 0 radical (unpaired) electrons. The molecular weight excluding hydrogens is 354 g/mol. The van der Waals surface area contributed by atoms with Gasteiger partial charge in [-0.25, -0.2) is 4.79 Å². The fourth-order valence-electron chi connectivity index (χ4n) is 2.94. The van der Waals surface area contributed by atoms with Gasteiger partial charge >= 0.3 is 5.97 Å². The molecule has 0 spiro atoms. The third-order valence-electron chi connectivity index (χ3n) is 4.31. The van der Waals surface area contributed by atoms with Crippen molar-refractivity contribution in [2.45, 2.75) is 6.61 Å². The van der Waals surface area contributed by atoms with Gasteiger partial charge < -0.3 is 9.84 Å². The molecule has 0 aliphatic heterocycles. The van der Waals surface area contributed by atoms with Gasteiger partial charge in [0.25, 0.3) is 0 Å². The Kier molecular flexibility index (Phi) is 4.84. The smallest absolute Gasteiger partial charge is 0.336 e. The Labute approximate surface area is 161 Å². The molecule has 0 aliphatic rings. The van der Waals surface area contributed by atoms with E-state index in [-0.39, 0.29) is 5.56 Å². The number of benzene rings is 2. The summed E-state index contributed by atoms with van der Waals surface area (Å²) >= 11 is 0. The van der Waals surface area contributed by atoms with E-state index in [1.54, 1.807) is 24.5 Å². The molecule has 0 atom stereocenters. The molecule has 0 amide bonds. The molecule has 4 rings (SSSR count). The van der Waals surface area contributed by atoms with Crippen molar-refractivity contribution >= 4 is 5.97 Å². The number of ether oxygens (including phenoxy) is 1. The van der Waals surface area contributed by atoms with Gasteiger partial charge in [-0.3, -0.25) is 10.1 Å². The van der Waals surface area contributed by atoms with Gasteiger partial charge in [-0.05, 0) is 47.0 Å². The first-order valence-electron chi connectivity index (χ1n) is 8.71. The molecule has 0 bridgehead atoms. The predicted octanol–water partition coefficient (Wildman–Crippen LogP) is 4.42. The fourth-order valence-corrected chi connectivity index (χ4v) is 2.94. The van der Waals surface area contributed by atoms with Gasteiger partial charge in [-0.1, -0.05) is 36.4 Å². The number of H-pyrrole nitrogens is 1. The van der Waals surface area contributed by atoms with Crippen LogP contribution in [0.25, 0.3) is 22.5 Å². The van der Waals surface area contributed by atoms with E-state index in [0.29, 0.717) is 17.9 Å². The standard InChI is InChI=1S/C22H17N3O3/c26-22(27)19-7-2-1-6-18(19)16-5-3-4-15(12-16)14-28-17-8-9-20(23-13-17)21-10-11-24-25-21/h1-13H,14H2,(H,24,25)(H,26,27). The lowest BCUT2D eigenvalue weighted by atomic mass is 9.98. The van der Waals surface area contributed by atoms with Crippen molar-refractivity contribution in [3.05, 3.63) is 90.3 Å². The van der Waals surface area contributed by atoms with Crippen molar-refractivity contribution in [1.82, 2.24) is 15.2 Å². The second-order valence-corrected chi connectivity index (χ2v) is 6.19. The van der Waals surface area contributed by atoms with Crippen molar-refractivity contribution in [2.75, 3.05) is 0 Å². The highest BCUT2D eigenvalue weighted by Crippen LogP contribution is 2.25. The Balaban J connectivity index is 1.49. The molecule has 0 unspecified atom stereocenters. The zero-order chi connectivity index (χ0) is 19.3. The largest absolute Gasteiger partial charge is 0.487 e. The molecule has 0 saturated carbocycles. The van der Waals surface area contributed by atoms with E-state index >= 15 is 0 Å². The first-order chi connectivity index (χ1) is 13.7. The van der Waals surface area contributed by atoms with Crippen LogP contribution in [0.3, 0.4) is 0 Å². The quantitative estimate of drug-likeness (QED) is 0.524. The molecule has 138 valence electrons. The number of carboxylic acids is 1. The van der Waals surface area contributed by atoms with Crippen molar-refractivity contribution in [2.24, 2.45) is 0 Å². The summed E-state index contributed by atoms with van der Waals surface area (Å²) < 4.78 is 5.83. The maximum absolute atomic E-state index is 11.5. The summed E-state index contributed by atoms with van der Waals surface area (Å²) in [7, 11) is 0. The van der Waals surface area contributed by atoms with Crippen LogP contribution in [0, 0.1) is 0 Å². The number of aromatic nitrogens is 3. The predicted molar refractivity (Wildman–Crippen MR) is 105 cm³/mol. The molecule has 0 fully saturated rings. The number of rotatable bonds is 6. The number of pyridine rings is 1. The molecule has 2 N–H and O–H groups in total. The Morgan fingerprint density at radius 3 is 2.68 bits per heavy atom. The number of nitrogens with zero attached hydrogens (tertiary/aromatic N) is 2. The Morgan fingerprint density at radius 1 is 1.04 bits per heavy atom. The van der Waals surface area contributed by atoms with Crippen LogP contribution in [0.1, 0.15) is 15.9 Å². The maximum Gasteiger partial charge on any atom is 0.336 e. The van der Waals surface area contributed by atoms with Crippen molar-refractivity contribution in [1.29, 1.82) is 0 Å². The van der Waals surface area contributed by atoms with Crippen molar-refractivity contribution in [3.8, 4) is 28.3 Å². The van der Waals surface area contributed by atoms with E-state index in [9.17, 15) is 9.90 Å². The van der Waals surface area contributed by atoms with E-state index in [2.05, 4.69) is 15.2 Å². The van der Waals surface area contributed by atoms with E-state index in [0.717, 1.165) is 22.5 Å². The Bertz CT molecular complexity index is 1090. The normalized spacial score (nSPS) is 10.6. The van der Waals surface area contributed by atoms with Crippen LogP contribution in [0.4, 0.5) is 0 Å². The van der Waals surface area contributed by atoms with Gasteiger partial charge in [0.15, 0.2) is 0 Å². The third-order valence-corrected chi connectivity index (χ3v) is 4.31. The lowest BCUT2D eigenvalue weighted by molar-refractivity contribution is 0.0697. The minimum Gasteiger partial charge on any atom is -0.487 e. The van der Waals surface area contributed by atoms with Gasteiger partial charge in [-0.15, -0.1) is 0 Å². The van der Waals surface area contributed by atoms with Crippen LogP contribution in [-0.4, -0.2) is 26.3 Å². The van der Waals surface area contributed by atoms with Crippen LogP contribution >= 0.6 is 0 Å². The molecule has 6 heteroatoms. The molecular formula is C22H17N3O3. The number of nitrogens with one attached hydrogen (secondary N) is 1. The fraction of sp³-hybridized carbons (Fsp3) is 0.0455. The van der Waals surface area contributed by atoms with Crippen LogP contribution in [0.5, 0.6) is 5.75 Å². The average Bonchev–Trinajstić information content (AvgIpc) is 3.28. The molecule has 4 aromatic rings. The monoisotopic (exact) mass is 371 g/mol. The topological polar surface area (TPSA) is 88.1 Å². The van der Waals surface area contributed by atoms with Gasteiger partial charge in [0, 0.05) is 6.20 Å². The number of carbonyl (C=O) groups is 1. The minimum atomic E-state index is -0.944. The zero-order valence-corrected chi connectivity index (χ0v) is 14.9. The first-order valence-corrected chi connectivity index (χ1v) is 8.71.